The van der Waals surface area contributed by atoms with Crippen molar-refractivity contribution in [1.82, 2.24) is 5.32 Å². The second-order valence-corrected chi connectivity index (χ2v) is 4.64. The van der Waals surface area contributed by atoms with Gasteiger partial charge in [0.05, 0.1) is 26.4 Å². The predicted octanol–water partition coefficient (Wildman–Crippen LogP) is 1.27. The van der Waals surface area contributed by atoms with Gasteiger partial charge in [-0.05, 0) is 12.3 Å². The van der Waals surface area contributed by atoms with Crippen molar-refractivity contribution in [2.24, 2.45) is 5.92 Å². The number of amides is 1. The van der Waals surface area contributed by atoms with Gasteiger partial charge in [-0.25, -0.2) is 4.79 Å². The predicted molar refractivity (Wildman–Crippen MR) is 72.7 cm³/mol. The van der Waals surface area contributed by atoms with Crippen LogP contribution in [0.25, 0.3) is 0 Å². The molecule has 2 N–H and O–H groups in total. The minimum Gasteiger partial charge on any atom is -0.481 e. The maximum Gasteiger partial charge on any atom is 0.407 e. The second kappa shape index (κ2) is 12.7. The molecule has 0 aliphatic carbocycles. The fourth-order valence-corrected chi connectivity index (χ4v) is 1.17. The Balaban J connectivity index is 3.16. The van der Waals surface area contributed by atoms with Crippen LogP contribution in [0.3, 0.4) is 0 Å². The number of carboxylic acids is 1. The summed E-state index contributed by atoms with van der Waals surface area (Å²) in [4.78, 5) is 21.4. The van der Waals surface area contributed by atoms with Crippen molar-refractivity contribution in [1.29, 1.82) is 0 Å². The highest BCUT2D eigenvalue weighted by atomic mass is 16.5. The normalized spacial score (nSPS) is 10.6. The number of nitrogens with one attached hydrogen (secondary N) is 1. The molecule has 0 heterocycles. The molecule has 0 aromatic carbocycles. The summed E-state index contributed by atoms with van der Waals surface area (Å²) in [6.07, 6.45) is 0.175. The fraction of sp³-hybridized carbons (Fsp3) is 0.846. The molecule has 0 aliphatic heterocycles. The summed E-state index contributed by atoms with van der Waals surface area (Å²) in [5.74, 6) is -0.504. The van der Waals surface area contributed by atoms with Gasteiger partial charge in [0.2, 0.25) is 0 Å². The molecule has 0 aromatic rings. The molecule has 7 heteroatoms. The zero-order valence-corrected chi connectivity index (χ0v) is 12.2. The lowest BCUT2D eigenvalue weighted by molar-refractivity contribution is -0.137. The quantitative estimate of drug-likeness (QED) is 0.526. The molecule has 1 amide bonds. The average molecular weight is 291 g/mol. The maximum absolute atomic E-state index is 11.1. The van der Waals surface area contributed by atoms with Gasteiger partial charge in [-0.15, -0.1) is 0 Å². The van der Waals surface area contributed by atoms with Gasteiger partial charge in [0, 0.05) is 19.6 Å². The molecule has 118 valence electrons. The summed E-state index contributed by atoms with van der Waals surface area (Å²) in [5.41, 5.74) is 0. The van der Waals surface area contributed by atoms with Crippen LogP contribution in [0.4, 0.5) is 4.79 Å². The number of rotatable bonds is 12. The highest BCUT2D eigenvalue weighted by Crippen LogP contribution is 1.92. The highest BCUT2D eigenvalue weighted by molar-refractivity contribution is 5.67. The van der Waals surface area contributed by atoms with Crippen molar-refractivity contribution < 1.29 is 28.9 Å². The first-order valence-corrected chi connectivity index (χ1v) is 6.80. The van der Waals surface area contributed by atoms with Crippen molar-refractivity contribution in [3.05, 3.63) is 0 Å². The minimum absolute atomic E-state index is 0.114. The summed E-state index contributed by atoms with van der Waals surface area (Å²) in [6.45, 7) is 6.34. The maximum atomic E-state index is 11.1. The summed E-state index contributed by atoms with van der Waals surface area (Å²) in [7, 11) is 0. The Morgan fingerprint density at radius 2 is 1.75 bits per heavy atom. The SMILES string of the molecule is CC(C)COC(=O)NCCOCCOCCCC(=O)O. The van der Waals surface area contributed by atoms with Gasteiger partial charge >= 0.3 is 12.1 Å². The molecule has 0 unspecified atom stereocenters. The van der Waals surface area contributed by atoms with E-state index in [-0.39, 0.29) is 6.42 Å². The summed E-state index contributed by atoms with van der Waals surface area (Å²) >= 11 is 0. The molecule has 0 fully saturated rings. The van der Waals surface area contributed by atoms with E-state index in [9.17, 15) is 9.59 Å². The Labute approximate surface area is 119 Å². The van der Waals surface area contributed by atoms with Crippen LogP contribution in [0.15, 0.2) is 0 Å². The number of carbonyl (C=O) groups excluding carboxylic acids is 1. The van der Waals surface area contributed by atoms with E-state index in [2.05, 4.69) is 5.32 Å². The van der Waals surface area contributed by atoms with Crippen molar-refractivity contribution in [2.75, 3.05) is 39.6 Å². The average Bonchev–Trinajstić information content (AvgIpc) is 2.38. The Kier molecular flexibility index (Phi) is 11.8. The largest absolute Gasteiger partial charge is 0.481 e. The summed E-state index contributed by atoms with van der Waals surface area (Å²) < 4.78 is 15.3. The van der Waals surface area contributed by atoms with Crippen molar-refractivity contribution in [2.45, 2.75) is 26.7 Å². The smallest absolute Gasteiger partial charge is 0.407 e. The van der Waals surface area contributed by atoms with Gasteiger partial charge in [0.1, 0.15) is 0 Å². The Morgan fingerprint density at radius 3 is 2.35 bits per heavy atom. The molecular formula is C13H25NO6. The molecule has 0 atom stereocenters. The van der Waals surface area contributed by atoms with Crippen LogP contribution in [0.2, 0.25) is 0 Å². The van der Waals surface area contributed by atoms with Gasteiger partial charge in [0.15, 0.2) is 0 Å². The number of hydrogen-bond acceptors (Lipinski definition) is 5. The topological polar surface area (TPSA) is 94.1 Å². The molecular weight excluding hydrogens is 266 g/mol. The van der Waals surface area contributed by atoms with Gasteiger partial charge in [-0.1, -0.05) is 13.8 Å². The lowest BCUT2D eigenvalue weighted by atomic mass is 10.2. The van der Waals surface area contributed by atoms with Crippen LogP contribution >= 0.6 is 0 Å². The van der Waals surface area contributed by atoms with E-state index in [0.717, 1.165) is 0 Å². The van der Waals surface area contributed by atoms with Gasteiger partial charge < -0.3 is 24.6 Å². The molecule has 0 bridgehead atoms. The third-order valence-electron chi connectivity index (χ3n) is 2.11. The van der Waals surface area contributed by atoms with E-state index in [4.69, 9.17) is 19.3 Å². The molecule has 7 nitrogen and oxygen atoms in total. The number of alkyl carbamates (subject to hydrolysis) is 1. The van der Waals surface area contributed by atoms with Crippen molar-refractivity contribution in [3.8, 4) is 0 Å². The van der Waals surface area contributed by atoms with E-state index in [0.29, 0.717) is 51.9 Å². The number of carboxylic acid groups (broad SMARTS) is 1. The molecule has 0 aromatic heterocycles. The molecule has 0 spiro atoms. The third kappa shape index (κ3) is 14.7. The second-order valence-electron chi connectivity index (χ2n) is 4.64. The fourth-order valence-electron chi connectivity index (χ4n) is 1.17. The summed E-state index contributed by atoms with van der Waals surface area (Å²) in [5, 5.41) is 11.0. The molecule has 0 aliphatic rings. The van der Waals surface area contributed by atoms with Crippen LogP contribution in [0.5, 0.6) is 0 Å². The van der Waals surface area contributed by atoms with Crippen molar-refractivity contribution >= 4 is 12.1 Å². The molecule has 20 heavy (non-hydrogen) atoms. The van der Waals surface area contributed by atoms with Gasteiger partial charge in [0.25, 0.3) is 0 Å². The van der Waals surface area contributed by atoms with Crippen LogP contribution in [-0.4, -0.2) is 56.7 Å². The molecule has 0 saturated heterocycles. The third-order valence-corrected chi connectivity index (χ3v) is 2.11. The van der Waals surface area contributed by atoms with Crippen molar-refractivity contribution in [3.63, 3.8) is 0 Å². The van der Waals surface area contributed by atoms with Gasteiger partial charge in [-0.2, -0.15) is 0 Å². The van der Waals surface area contributed by atoms with Crippen LogP contribution in [0.1, 0.15) is 26.7 Å². The Bertz CT molecular complexity index is 270. The molecule has 0 saturated carbocycles. The highest BCUT2D eigenvalue weighted by Gasteiger charge is 2.02. The van der Waals surface area contributed by atoms with Crippen LogP contribution < -0.4 is 5.32 Å². The van der Waals surface area contributed by atoms with E-state index in [1.54, 1.807) is 0 Å². The number of carbonyl (C=O) groups is 2. The lowest BCUT2D eigenvalue weighted by Gasteiger charge is -2.09. The zero-order chi connectivity index (χ0) is 15.2. The zero-order valence-electron chi connectivity index (χ0n) is 12.2. The van der Waals surface area contributed by atoms with E-state index in [1.165, 1.54) is 0 Å². The lowest BCUT2D eigenvalue weighted by Crippen LogP contribution is -2.29. The Morgan fingerprint density at radius 1 is 1.10 bits per heavy atom. The van der Waals surface area contributed by atoms with Crippen LogP contribution in [-0.2, 0) is 19.0 Å². The minimum atomic E-state index is -0.819. The number of aliphatic carboxylic acids is 1. The van der Waals surface area contributed by atoms with E-state index >= 15 is 0 Å². The summed E-state index contributed by atoms with van der Waals surface area (Å²) in [6, 6.07) is 0. The van der Waals surface area contributed by atoms with E-state index in [1.807, 2.05) is 13.8 Å². The first-order chi connectivity index (χ1) is 9.52. The number of hydrogen-bond donors (Lipinski definition) is 2. The molecule has 0 radical (unpaired) electrons. The Hall–Kier alpha value is -1.34. The standard InChI is InChI=1S/C13H25NO6/c1-11(2)10-20-13(17)14-5-7-19-9-8-18-6-3-4-12(15)16/h11H,3-10H2,1-2H3,(H,14,17)(H,15,16). The van der Waals surface area contributed by atoms with E-state index < -0.39 is 12.1 Å². The molecule has 0 rings (SSSR count). The van der Waals surface area contributed by atoms with Gasteiger partial charge in [-0.3, -0.25) is 4.79 Å². The number of ether oxygens (including phenoxy) is 3. The monoisotopic (exact) mass is 291 g/mol. The van der Waals surface area contributed by atoms with Crippen LogP contribution in [0, 0.1) is 5.92 Å². The first-order valence-electron chi connectivity index (χ1n) is 6.80. The first kappa shape index (κ1) is 18.7.